The molecular formula is C14H22N4O3S. The summed E-state index contributed by atoms with van der Waals surface area (Å²) in [6.07, 6.45) is 2.32. The fourth-order valence-electron chi connectivity index (χ4n) is 2.25. The summed E-state index contributed by atoms with van der Waals surface area (Å²) in [7, 11) is 0. The fraction of sp³-hybridized carbons (Fsp3) is 0.714. The predicted molar refractivity (Wildman–Crippen MR) is 83.5 cm³/mol. The van der Waals surface area contributed by atoms with E-state index in [-0.39, 0.29) is 30.4 Å². The van der Waals surface area contributed by atoms with Crippen molar-refractivity contribution in [2.75, 3.05) is 25.0 Å². The SMILES string of the molecule is CC[C@@H](C)OCC(=O)N1CCC(C(=O)Nc2nncs2)CC1. The second-order valence-electron chi connectivity index (χ2n) is 5.42. The van der Waals surface area contributed by atoms with E-state index < -0.39 is 0 Å². The van der Waals surface area contributed by atoms with Crippen molar-refractivity contribution < 1.29 is 14.3 Å². The van der Waals surface area contributed by atoms with Crippen molar-refractivity contribution in [3.63, 3.8) is 0 Å². The first-order chi connectivity index (χ1) is 10.6. The van der Waals surface area contributed by atoms with Crippen LogP contribution in [-0.4, -0.2) is 52.7 Å². The van der Waals surface area contributed by atoms with Gasteiger partial charge >= 0.3 is 0 Å². The molecule has 1 atom stereocenters. The molecule has 7 nitrogen and oxygen atoms in total. The van der Waals surface area contributed by atoms with Crippen LogP contribution in [0, 0.1) is 5.92 Å². The van der Waals surface area contributed by atoms with Gasteiger partial charge in [-0.1, -0.05) is 18.3 Å². The maximum Gasteiger partial charge on any atom is 0.248 e. The van der Waals surface area contributed by atoms with Gasteiger partial charge in [0, 0.05) is 19.0 Å². The Labute approximate surface area is 134 Å². The van der Waals surface area contributed by atoms with E-state index >= 15 is 0 Å². The number of anilines is 1. The zero-order valence-electron chi connectivity index (χ0n) is 12.9. The van der Waals surface area contributed by atoms with Crippen LogP contribution >= 0.6 is 11.3 Å². The van der Waals surface area contributed by atoms with Gasteiger partial charge in [-0.2, -0.15) is 0 Å². The summed E-state index contributed by atoms with van der Waals surface area (Å²) in [5, 5.41) is 10.8. The van der Waals surface area contributed by atoms with Gasteiger partial charge in [0.2, 0.25) is 16.9 Å². The van der Waals surface area contributed by atoms with Crippen LogP contribution in [0.15, 0.2) is 5.51 Å². The largest absolute Gasteiger partial charge is 0.369 e. The van der Waals surface area contributed by atoms with Crippen molar-refractivity contribution in [3.8, 4) is 0 Å². The quantitative estimate of drug-likeness (QED) is 0.857. The monoisotopic (exact) mass is 326 g/mol. The number of nitrogens with one attached hydrogen (secondary N) is 1. The Morgan fingerprint density at radius 2 is 2.23 bits per heavy atom. The molecule has 1 fully saturated rings. The summed E-state index contributed by atoms with van der Waals surface area (Å²) in [5.74, 6) is -0.119. The fourth-order valence-corrected chi connectivity index (χ4v) is 2.70. The van der Waals surface area contributed by atoms with E-state index in [0.29, 0.717) is 31.1 Å². The van der Waals surface area contributed by atoms with Crippen LogP contribution in [0.1, 0.15) is 33.1 Å². The van der Waals surface area contributed by atoms with Crippen LogP contribution in [0.4, 0.5) is 5.13 Å². The molecule has 22 heavy (non-hydrogen) atoms. The minimum Gasteiger partial charge on any atom is -0.369 e. The second-order valence-corrected chi connectivity index (χ2v) is 6.25. The average molecular weight is 326 g/mol. The lowest BCUT2D eigenvalue weighted by atomic mass is 9.96. The number of piperidine rings is 1. The first-order valence-corrected chi connectivity index (χ1v) is 8.44. The van der Waals surface area contributed by atoms with Gasteiger partial charge in [0.05, 0.1) is 6.10 Å². The molecule has 0 unspecified atom stereocenters. The van der Waals surface area contributed by atoms with E-state index in [0.717, 1.165) is 6.42 Å². The zero-order valence-corrected chi connectivity index (χ0v) is 13.8. The number of amides is 2. The molecule has 2 amide bonds. The number of rotatable bonds is 6. The van der Waals surface area contributed by atoms with Gasteiger partial charge in [0.25, 0.3) is 0 Å². The molecule has 0 saturated carbocycles. The highest BCUT2D eigenvalue weighted by molar-refractivity contribution is 7.13. The van der Waals surface area contributed by atoms with E-state index in [1.165, 1.54) is 11.3 Å². The predicted octanol–water partition coefficient (Wildman–Crippen LogP) is 1.53. The van der Waals surface area contributed by atoms with Gasteiger partial charge in [0.15, 0.2) is 0 Å². The van der Waals surface area contributed by atoms with Crippen molar-refractivity contribution in [1.29, 1.82) is 0 Å². The van der Waals surface area contributed by atoms with Crippen LogP contribution in [0.5, 0.6) is 0 Å². The average Bonchev–Trinajstić information content (AvgIpc) is 3.05. The number of ether oxygens (including phenoxy) is 1. The third-order valence-corrected chi connectivity index (χ3v) is 4.48. The molecule has 8 heteroatoms. The molecule has 1 saturated heterocycles. The van der Waals surface area contributed by atoms with E-state index in [1.54, 1.807) is 10.4 Å². The molecule has 122 valence electrons. The molecular weight excluding hydrogens is 304 g/mol. The molecule has 0 aliphatic carbocycles. The molecule has 0 radical (unpaired) electrons. The van der Waals surface area contributed by atoms with Crippen molar-refractivity contribution in [1.82, 2.24) is 15.1 Å². The van der Waals surface area contributed by atoms with E-state index in [1.807, 2.05) is 13.8 Å². The molecule has 1 aliphatic heterocycles. The Bertz CT molecular complexity index is 486. The molecule has 2 rings (SSSR count). The second kappa shape index (κ2) is 8.19. The van der Waals surface area contributed by atoms with Crippen molar-refractivity contribution >= 4 is 28.3 Å². The lowest BCUT2D eigenvalue weighted by Crippen LogP contribution is -2.43. The maximum atomic E-state index is 12.1. The molecule has 2 heterocycles. The smallest absolute Gasteiger partial charge is 0.248 e. The highest BCUT2D eigenvalue weighted by atomic mass is 32.1. The summed E-state index contributed by atoms with van der Waals surface area (Å²) < 4.78 is 5.47. The summed E-state index contributed by atoms with van der Waals surface area (Å²) in [4.78, 5) is 25.9. The van der Waals surface area contributed by atoms with Crippen LogP contribution in [0.2, 0.25) is 0 Å². The Kier molecular flexibility index (Phi) is 6.26. The van der Waals surface area contributed by atoms with Gasteiger partial charge in [-0.3, -0.25) is 9.59 Å². The van der Waals surface area contributed by atoms with Crippen LogP contribution in [0.25, 0.3) is 0 Å². The number of aromatic nitrogens is 2. The van der Waals surface area contributed by atoms with Gasteiger partial charge in [0.1, 0.15) is 12.1 Å². The summed E-state index contributed by atoms with van der Waals surface area (Å²) in [6.45, 7) is 5.29. The third-order valence-electron chi connectivity index (χ3n) is 3.87. The summed E-state index contributed by atoms with van der Waals surface area (Å²) in [5.41, 5.74) is 1.58. The van der Waals surface area contributed by atoms with Crippen molar-refractivity contribution in [3.05, 3.63) is 5.51 Å². The normalized spacial score (nSPS) is 17.3. The summed E-state index contributed by atoms with van der Waals surface area (Å²) >= 11 is 1.30. The van der Waals surface area contributed by atoms with Crippen molar-refractivity contribution in [2.24, 2.45) is 5.92 Å². The lowest BCUT2D eigenvalue weighted by molar-refractivity contribution is -0.140. The Hall–Kier alpha value is -1.54. The molecule has 0 aromatic carbocycles. The molecule has 0 bridgehead atoms. The molecule has 1 aromatic rings. The lowest BCUT2D eigenvalue weighted by Gasteiger charge is -2.31. The summed E-state index contributed by atoms with van der Waals surface area (Å²) in [6, 6.07) is 0. The van der Waals surface area contributed by atoms with Gasteiger partial charge < -0.3 is 15.0 Å². The topological polar surface area (TPSA) is 84.4 Å². The number of hydrogen-bond donors (Lipinski definition) is 1. The van der Waals surface area contributed by atoms with Gasteiger partial charge in [-0.05, 0) is 26.2 Å². The third kappa shape index (κ3) is 4.74. The minimum absolute atomic E-state index is 0.00304. The zero-order chi connectivity index (χ0) is 15.9. The number of nitrogens with zero attached hydrogens (tertiary/aromatic N) is 3. The van der Waals surface area contributed by atoms with Crippen molar-refractivity contribution in [2.45, 2.75) is 39.2 Å². The highest BCUT2D eigenvalue weighted by Crippen LogP contribution is 2.20. The molecule has 1 aliphatic rings. The Morgan fingerprint density at radius 3 is 2.82 bits per heavy atom. The van der Waals surface area contributed by atoms with Gasteiger partial charge in [-0.25, -0.2) is 0 Å². The standard InChI is InChI=1S/C14H22N4O3S/c1-3-10(2)21-8-12(19)18-6-4-11(5-7-18)13(20)16-14-17-15-9-22-14/h9-11H,3-8H2,1-2H3,(H,16,17,20)/t10-/m1/s1. The maximum absolute atomic E-state index is 12.1. The van der Waals surface area contributed by atoms with Gasteiger partial charge in [-0.15, -0.1) is 10.2 Å². The number of carbonyl (C=O) groups is 2. The highest BCUT2D eigenvalue weighted by Gasteiger charge is 2.27. The molecule has 1 N–H and O–H groups in total. The first-order valence-electron chi connectivity index (χ1n) is 7.56. The Morgan fingerprint density at radius 1 is 1.50 bits per heavy atom. The molecule has 0 spiro atoms. The van der Waals surface area contributed by atoms with Crippen LogP contribution in [-0.2, 0) is 14.3 Å². The Balaban J connectivity index is 1.73. The van der Waals surface area contributed by atoms with Crippen LogP contribution < -0.4 is 5.32 Å². The number of hydrogen-bond acceptors (Lipinski definition) is 6. The van der Waals surface area contributed by atoms with E-state index in [9.17, 15) is 9.59 Å². The molecule has 1 aromatic heterocycles. The first kappa shape index (κ1) is 16.8. The number of carbonyl (C=O) groups excluding carboxylic acids is 2. The van der Waals surface area contributed by atoms with Crippen LogP contribution in [0.3, 0.4) is 0 Å². The minimum atomic E-state index is -0.0802. The number of likely N-dealkylation sites (tertiary alicyclic amines) is 1. The van der Waals surface area contributed by atoms with E-state index in [2.05, 4.69) is 15.5 Å². The van der Waals surface area contributed by atoms with E-state index in [4.69, 9.17) is 4.74 Å².